The summed E-state index contributed by atoms with van der Waals surface area (Å²) in [6.45, 7) is 0.515. The van der Waals surface area contributed by atoms with Gasteiger partial charge >= 0.3 is 0 Å². The molecule has 2 aromatic carbocycles. The molecule has 33 heavy (non-hydrogen) atoms. The molecule has 3 heterocycles. The highest BCUT2D eigenvalue weighted by Gasteiger charge is 2.19. The second-order valence-corrected chi connectivity index (χ2v) is 7.76. The van der Waals surface area contributed by atoms with E-state index in [1.807, 2.05) is 30.3 Å². The van der Waals surface area contributed by atoms with Crippen LogP contribution < -0.4 is 11.1 Å². The highest BCUT2D eigenvalue weighted by atomic mass is 19.1. The fourth-order valence-corrected chi connectivity index (χ4v) is 3.82. The van der Waals surface area contributed by atoms with Gasteiger partial charge in [0.25, 0.3) is 0 Å². The van der Waals surface area contributed by atoms with Gasteiger partial charge in [0.05, 0.1) is 11.3 Å². The van der Waals surface area contributed by atoms with Crippen LogP contribution in [0, 0.1) is 5.82 Å². The Labute approximate surface area is 190 Å². The number of nitrogens with two attached hydrogens (primary N) is 1. The lowest BCUT2D eigenvalue weighted by molar-refractivity contribution is 0.628. The molecule has 0 radical (unpaired) electrons. The van der Waals surface area contributed by atoms with Crippen LogP contribution in [0.15, 0.2) is 85.5 Å². The van der Waals surface area contributed by atoms with Gasteiger partial charge in [0.2, 0.25) is 5.95 Å². The van der Waals surface area contributed by atoms with Gasteiger partial charge in [0.15, 0.2) is 5.65 Å². The first-order valence-corrected chi connectivity index (χ1v) is 10.6. The van der Waals surface area contributed by atoms with Gasteiger partial charge in [0, 0.05) is 30.5 Å². The third kappa shape index (κ3) is 4.42. The molecule has 0 aliphatic carbocycles. The smallest absolute Gasteiger partial charge is 0.210 e. The first-order valence-electron chi connectivity index (χ1n) is 10.6. The molecule has 8 heteroatoms. The lowest BCUT2D eigenvalue weighted by Gasteiger charge is -2.17. The van der Waals surface area contributed by atoms with Crippen molar-refractivity contribution in [1.82, 2.24) is 24.6 Å². The molecule has 0 amide bonds. The average Bonchev–Trinajstić information content (AvgIpc) is 3.34. The molecule has 5 rings (SSSR count). The summed E-state index contributed by atoms with van der Waals surface area (Å²) < 4.78 is 15.4. The van der Waals surface area contributed by atoms with E-state index in [1.165, 1.54) is 17.7 Å². The summed E-state index contributed by atoms with van der Waals surface area (Å²) >= 11 is 0. The van der Waals surface area contributed by atoms with E-state index in [0.29, 0.717) is 23.8 Å². The quantitative estimate of drug-likeness (QED) is 0.399. The van der Waals surface area contributed by atoms with Crippen molar-refractivity contribution >= 4 is 11.6 Å². The highest BCUT2D eigenvalue weighted by molar-refractivity contribution is 5.90. The Kier molecular flexibility index (Phi) is 5.73. The first-order chi connectivity index (χ1) is 16.2. The number of rotatable bonds is 7. The van der Waals surface area contributed by atoms with E-state index >= 15 is 0 Å². The molecule has 0 fully saturated rings. The second kappa shape index (κ2) is 9.13. The minimum atomic E-state index is -0.305. The lowest BCUT2D eigenvalue weighted by Crippen LogP contribution is -2.32. The lowest BCUT2D eigenvalue weighted by atomic mass is 10.0. The van der Waals surface area contributed by atoms with Gasteiger partial charge in [-0.2, -0.15) is 0 Å². The Morgan fingerprint density at radius 1 is 0.939 bits per heavy atom. The zero-order valence-electron chi connectivity index (χ0n) is 17.8. The molecule has 0 unspecified atom stereocenters. The van der Waals surface area contributed by atoms with Gasteiger partial charge in [0.1, 0.15) is 12.1 Å². The van der Waals surface area contributed by atoms with Crippen molar-refractivity contribution in [3.8, 4) is 22.4 Å². The van der Waals surface area contributed by atoms with E-state index in [9.17, 15) is 4.39 Å². The monoisotopic (exact) mass is 439 g/mol. The molecule has 1 atom stereocenters. The maximum absolute atomic E-state index is 13.6. The minimum absolute atomic E-state index is 0.109. The predicted octanol–water partition coefficient (Wildman–Crippen LogP) is 3.97. The van der Waals surface area contributed by atoms with Gasteiger partial charge in [-0.15, -0.1) is 10.2 Å². The summed E-state index contributed by atoms with van der Waals surface area (Å²) in [6.07, 6.45) is 5.77. The average molecular weight is 439 g/mol. The fraction of sp³-hybridized carbons (Fsp3) is 0.120. The first kappa shape index (κ1) is 20.7. The number of nitrogens with one attached hydrogen (secondary N) is 1. The van der Waals surface area contributed by atoms with Crippen LogP contribution in [0.3, 0.4) is 0 Å². The summed E-state index contributed by atoms with van der Waals surface area (Å²) in [5, 5.41) is 11.8. The van der Waals surface area contributed by atoms with Gasteiger partial charge in [-0.05, 0) is 41.8 Å². The molecule has 0 saturated heterocycles. The topological polar surface area (TPSA) is 94.0 Å². The van der Waals surface area contributed by atoms with Crippen molar-refractivity contribution < 1.29 is 4.39 Å². The second-order valence-electron chi connectivity index (χ2n) is 7.76. The van der Waals surface area contributed by atoms with Crippen LogP contribution in [0.1, 0.15) is 5.56 Å². The predicted molar refractivity (Wildman–Crippen MR) is 126 cm³/mol. The Hall–Kier alpha value is -4.17. The standard InChI is InChI=1S/C25H22FN7/c26-20-8-6-18(7-9-20)22-23(19-10-12-28-13-11-19)31-25(33-16-30-32-24(22)33)29-15-21(27)14-17-4-2-1-3-5-17/h1-13,16,21H,14-15,27H2,(H,29,31)/t21-/m0/s1. The number of benzene rings is 2. The summed E-state index contributed by atoms with van der Waals surface area (Å²) in [7, 11) is 0. The van der Waals surface area contributed by atoms with Crippen LogP contribution in [0.4, 0.5) is 10.3 Å². The summed E-state index contributed by atoms with van der Waals surface area (Å²) in [4.78, 5) is 9.03. The van der Waals surface area contributed by atoms with E-state index in [-0.39, 0.29) is 11.9 Å². The highest BCUT2D eigenvalue weighted by Crippen LogP contribution is 2.34. The van der Waals surface area contributed by atoms with Crippen molar-refractivity contribution in [1.29, 1.82) is 0 Å². The zero-order chi connectivity index (χ0) is 22.6. The Morgan fingerprint density at radius 3 is 2.45 bits per heavy atom. The molecule has 5 aromatic rings. The number of hydrogen-bond acceptors (Lipinski definition) is 6. The van der Waals surface area contributed by atoms with Crippen LogP contribution in [0.25, 0.3) is 28.0 Å². The third-order valence-corrected chi connectivity index (χ3v) is 5.40. The van der Waals surface area contributed by atoms with Crippen LogP contribution >= 0.6 is 0 Å². The third-order valence-electron chi connectivity index (χ3n) is 5.40. The Balaban J connectivity index is 1.54. The Morgan fingerprint density at radius 2 is 1.70 bits per heavy atom. The molecular weight excluding hydrogens is 417 g/mol. The van der Waals surface area contributed by atoms with E-state index in [1.54, 1.807) is 35.3 Å². The normalized spacial score (nSPS) is 12.1. The molecule has 0 saturated carbocycles. The van der Waals surface area contributed by atoms with Gasteiger partial charge in [-0.3, -0.25) is 9.38 Å². The number of fused-ring (bicyclic) bond motifs is 1. The fourth-order valence-electron chi connectivity index (χ4n) is 3.82. The molecular formula is C25H22FN7. The van der Waals surface area contributed by atoms with Gasteiger partial charge in [-0.25, -0.2) is 9.37 Å². The zero-order valence-corrected chi connectivity index (χ0v) is 17.8. The van der Waals surface area contributed by atoms with E-state index in [2.05, 4.69) is 32.6 Å². The number of aromatic nitrogens is 5. The molecule has 3 N–H and O–H groups in total. The van der Waals surface area contributed by atoms with Crippen LogP contribution in [0.2, 0.25) is 0 Å². The van der Waals surface area contributed by atoms with Crippen molar-refractivity contribution in [2.45, 2.75) is 12.5 Å². The molecule has 3 aromatic heterocycles. The maximum Gasteiger partial charge on any atom is 0.210 e. The molecule has 7 nitrogen and oxygen atoms in total. The number of nitrogens with zero attached hydrogens (tertiary/aromatic N) is 5. The number of halogens is 1. The Bertz CT molecular complexity index is 1350. The van der Waals surface area contributed by atoms with Gasteiger partial charge < -0.3 is 11.1 Å². The number of pyridine rings is 1. The van der Waals surface area contributed by atoms with Crippen LogP contribution in [0.5, 0.6) is 0 Å². The SMILES string of the molecule is N[C@H](CNc1nc(-c2ccncc2)c(-c2ccc(F)cc2)c2nncn12)Cc1ccccc1. The van der Waals surface area contributed by atoms with E-state index in [4.69, 9.17) is 10.7 Å². The van der Waals surface area contributed by atoms with Crippen molar-refractivity contribution in [3.63, 3.8) is 0 Å². The molecule has 164 valence electrons. The molecule has 0 spiro atoms. The molecule has 0 aliphatic heterocycles. The van der Waals surface area contributed by atoms with Gasteiger partial charge in [-0.1, -0.05) is 42.5 Å². The minimum Gasteiger partial charge on any atom is -0.354 e. The summed E-state index contributed by atoms with van der Waals surface area (Å²) in [5.41, 5.74) is 11.3. The molecule has 0 aliphatic rings. The number of anilines is 1. The summed E-state index contributed by atoms with van der Waals surface area (Å²) in [6, 6.07) is 20.1. The largest absolute Gasteiger partial charge is 0.354 e. The van der Waals surface area contributed by atoms with E-state index in [0.717, 1.165) is 23.1 Å². The van der Waals surface area contributed by atoms with Crippen molar-refractivity contribution in [3.05, 3.63) is 96.8 Å². The van der Waals surface area contributed by atoms with Crippen LogP contribution in [-0.2, 0) is 6.42 Å². The number of hydrogen-bond donors (Lipinski definition) is 2. The summed E-state index contributed by atoms with van der Waals surface area (Å²) in [5.74, 6) is 0.275. The van der Waals surface area contributed by atoms with E-state index < -0.39 is 0 Å². The molecule has 0 bridgehead atoms. The van der Waals surface area contributed by atoms with Crippen molar-refractivity contribution in [2.75, 3.05) is 11.9 Å². The van der Waals surface area contributed by atoms with Crippen LogP contribution in [-0.4, -0.2) is 37.2 Å². The maximum atomic E-state index is 13.6. The van der Waals surface area contributed by atoms with Crippen molar-refractivity contribution in [2.24, 2.45) is 5.73 Å².